The van der Waals surface area contributed by atoms with E-state index in [-0.39, 0.29) is 29.0 Å². The van der Waals surface area contributed by atoms with Crippen molar-refractivity contribution in [2.75, 3.05) is 43.3 Å². The zero-order valence-electron chi connectivity index (χ0n) is 20.5. The van der Waals surface area contributed by atoms with Crippen LogP contribution >= 0.6 is 0 Å². The molecule has 0 atom stereocenters. The fourth-order valence-corrected chi connectivity index (χ4v) is 4.34. The summed E-state index contributed by atoms with van der Waals surface area (Å²) in [7, 11) is -0.542. The van der Waals surface area contributed by atoms with Crippen molar-refractivity contribution in [2.45, 2.75) is 19.9 Å². The third-order valence-corrected chi connectivity index (χ3v) is 5.94. The van der Waals surface area contributed by atoms with Crippen LogP contribution in [0.3, 0.4) is 0 Å². The van der Waals surface area contributed by atoms with Crippen molar-refractivity contribution in [3.63, 3.8) is 0 Å². The highest BCUT2D eigenvalue weighted by Crippen LogP contribution is 2.33. The van der Waals surface area contributed by atoms with E-state index in [0.29, 0.717) is 6.61 Å². The van der Waals surface area contributed by atoms with Gasteiger partial charge < -0.3 is 20.3 Å². The summed E-state index contributed by atoms with van der Waals surface area (Å²) in [5.41, 5.74) is 3.29. The molecule has 36 heavy (non-hydrogen) atoms. The van der Waals surface area contributed by atoms with E-state index in [1.54, 1.807) is 0 Å². The first kappa shape index (κ1) is 25.3. The van der Waals surface area contributed by atoms with Crippen LogP contribution in [0.25, 0.3) is 0 Å². The molecule has 0 radical (unpaired) electrons. The summed E-state index contributed by atoms with van der Waals surface area (Å²) in [6.07, 6.45) is 5.07. The van der Waals surface area contributed by atoms with E-state index >= 15 is 0 Å². The van der Waals surface area contributed by atoms with Crippen molar-refractivity contribution in [1.82, 2.24) is 19.9 Å². The summed E-state index contributed by atoms with van der Waals surface area (Å²) < 4.78 is 35.8. The number of nitrogens with one attached hydrogen (secondary N) is 2. The monoisotopic (exact) mass is 510 g/mol. The lowest BCUT2D eigenvalue weighted by molar-refractivity contribution is 0.297. The molecule has 0 aliphatic carbocycles. The Morgan fingerprint density at radius 3 is 2.81 bits per heavy atom. The third-order valence-electron chi connectivity index (χ3n) is 5.33. The maximum atomic E-state index is 14.1. The number of ether oxygens (including phenoxy) is 1. The number of aromatic nitrogens is 3. The summed E-state index contributed by atoms with van der Waals surface area (Å²) >= 11 is 0. The first-order valence-corrected chi connectivity index (χ1v) is 13.6. The van der Waals surface area contributed by atoms with Crippen LogP contribution in [0.15, 0.2) is 34.8 Å². The minimum absolute atomic E-state index is 0.169. The standard InChI is InChI=1S/C24H27FN8O2S/c1-5-35-20-11-17(10-15-14-33(2)9-8-18(15)20)28-24-27-13-16(12-26)22(31-24)29-21-7-6-19(25)23(30-21)32-36(3,4)34/h6-7,10-11,13H,5,8-9,14H2,1-4H3,(H2,27,28,29,30,31). The van der Waals surface area contributed by atoms with Crippen molar-refractivity contribution in [3.05, 3.63) is 53.0 Å². The van der Waals surface area contributed by atoms with Gasteiger partial charge in [0.2, 0.25) is 5.95 Å². The molecule has 1 aliphatic rings. The number of rotatable bonds is 7. The van der Waals surface area contributed by atoms with Gasteiger partial charge in [0.25, 0.3) is 0 Å². The number of fused-ring (bicyclic) bond motifs is 1. The van der Waals surface area contributed by atoms with Crippen LogP contribution in [-0.4, -0.2) is 56.8 Å². The minimum Gasteiger partial charge on any atom is -0.494 e. The Balaban J connectivity index is 1.65. The van der Waals surface area contributed by atoms with Gasteiger partial charge in [0.1, 0.15) is 23.2 Å². The molecule has 1 aliphatic heterocycles. The number of nitrogens with zero attached hydrogens (tertiary/aromatic N) is 6. The van der Waals surface area contributed by atoms with E-state index in [1.807, 2.05) is 25.1 Å². The molecule has 0 spiro atoms. The normalized spacial score (nSPS) is 13.4. The van der Waals surface area contributed by atoms with Crippen molar-refractivity contribution < 1.29 is 13.3 Å². The number of hydrogen-bond donors (Lipinski definition) is 2. The highest BCUT2D eigenvalue weighted by molar-refractivity contribution is 7.92. The lowest BCUT2D eigenvalue weighted by atomic mass is 9.98. The molecular weight excluding hydrogens is 483 g/mol. The lowest BCUT2D eigenvalue weighted by Gasteiger charge is -2.27. The van der Waals surface area contributed by atoms with Gasteiger partial charge in [-0.2, -0.15) is 14.6 Å². The molecule has 0 amide bonds. The molecule has 0 fully saturated rings. The average Bonchev–Trinajstić information content (AvgIpc) is 2.80. The van der Waals surface area contributed by atoms with Gasteiger partial charge >= 0.3 is 0 Å². The first-order chi connectivity index (χ1) is 17.1. The van der Waals surface area contributed by atoms with Crippen LogP contribution in [0, 0.1) is 17.1 Å². The lowest BCUT2D eigenvalue weighted by Crippen LogP contribution is -2.27. The predicted molar refractivity (Wildman–Crippen MR) is 137 cm³/mol. The number of pyridine rings is 1. The zero-order chi connectivity index (χ0) is 25.9. The number of benzene rings is 1. The van der Waals surface area contributed by atoms with E-state index < -0.39 is 15.5 Å². The molecule has 0 saturated heterocycles. The van der Waals surface area contributed by atoms with Crippen LogP contribution in [0.4, 0.5) is 33.5 Å². The number of nitriles is 1. The highest BCUT2D eigenvalue weighted by Gasteiger charge is 2.19. The molecule has 1 aromatic carbocycles. The smallest absolute Gasteiger partial charge is 0.229 e. The van der Waals surface area contributed by atoms with Crippen molar-refractivity contribution >= 4 is 38.8 Å². The van der Waals surface area contributed by atoms with Crippen LogP contribution in [-0.2, 0) is 22.7 Å². The maximum absolute atomic E-state index is 14.1. The molecular formula is C24H27FN8O2S. The molecule has 10 nitrogen and oxygen atoms in total. The van der Waals surface area contributed by atoms with Gasteiger partial charge in [-0.15, -0.1) is 0 Å². The topological polar surface area (TPSA) is 128 Å². The highest BCUT2D eigenvalue weighted by atomic mass is 32.2. The molecule has 3 heterocycles. The second-order valence-corrected chi connectivity index (χ2v) is 11.2. The van der Waals surface area contributed by atoms with Gasteiger partial charge in [-0.05, 0) is 44.2 Å². The van der Waals surface area contributed by atoms with E-state index in [9.17, 15) is 13.9 Å². The number of likely N-dealkylation sites (N-methyl/N-ethyl adjacent to an activating group) is 1. The second-order valence-electron chi connectivity index (χ2n) is 8.63. The number of anilines is 4. The van der Waals surface area contributed by atoms with Gasteiger partial charge in [-0.3, -0.25) is 0 Å². The minimum atomic E-state index is -2.62. The van der Waals surface area contributed by atoms with Crippen LogP contribution in [0.1, 0.15) is 23.6 Å². The molecule has 3 aromatic rings. The van der Waals surface area contributed by atoms with Crippen LogP contribution in [0.2, 0.25) is 0 Å². The van der Waals surface area contributed by atoms with Crippen LogP contribution in [0.5, 0.6) is 5.75 Å². The molecule has 4 rings (SSSR count). The molecule has 2 N–H and O–H groups in total. The Morgan fingerprint density at radius 2 is 2.08 bits per heavy atom. The number of halogens is 1. The predicted octanol–water partition coefficient (Wildman–Crippen LogP) is 4.12. The van der Waals surface area contributed by atoms with E-state index in [0.717, 1.165) is 37.0 Å². The third kappa shape index (κ3) is 6.05. The molecule has 12 heteroatoms. The second kappa shape index (κ2) is 10.4. The van der Waals surface area contributed by atoms with Gasteiger partial charge in [-0.25, -0.2) is 18.6 Å². The summed E-state index contributed by atoms with van der Waals surface area (Å²) in [6.45, 7) is 4.27. The fraction of sp³-hybridized carbons (Fsp3) is 0.333. The van der Waals surface area contributed by atoms with Crippen molar-refractivity contribution in [3.8, 4) is 11.8 Å². The van der Waals surface area contributed by atoms with Gasteiger partial charge in [0.05, 0.1) is 12.8 Å². The van der Waals surface area contributed by atoms with Crippen molar-refractivity contribution in [2.24, 2.45) is 4.36 Å². The van der Waals surface area contributed by atoms with E-state index in [2.05, 4.69) is 41.9 Å². The summed E-state index contributed by atoms with van der Waals surface area (Å²) in [4.78, 5) is 15.0. The summed E-state index contributed by atoms with van der Waals surface area (Å²) in [5.74, 6) is 0.453. The molecule has 0 bridgehead atoms. The Hall–Kier alpha value is -3.82. The Kier molecular flexibility index (Phi) is 7.32. The summed E-state index contributed by atoms with van der Waals surface area (Å²) in [5, 5.41) is 15.6. The first-order valence-electron chi connectivity index (χ1n) is 11.3. The SMILES string of the molecule is CCOc1cc(Nc2ncc(C#N)c(Nc3ccc(F)c(N=S(C)(C)=O)n3)n2)cc2c1CCN(C)C2. The van der Waals surface area contributed by atoms with Gasteiger partial charge in [0, 0.05) is 52.6 Å². The van der Waals surface area contributed by atoms with Crippen molar-refractivity contribution in [1.29, 1.82) is 5.26 Å². The molecule has 0 unspecified atom stereocenters. The summed E-state index contributed by atoms with van der Waals surface area (Å²) in [6, 6.07) is 8.54. The van der Waals surface area contributed by atoms with Crippen LogP contribution < -0.4 is 15.4 Å². The average molecular weight is 511 g/mol. The maximum Gasteiger partial charge on any atom is 0.229 e. The van der Waals surface area contributed by atoms with E-state index in [4.69, 9.17) is 4.74 Å². The molecule has 0 saturated carbocycles. The van der Waals surface area contributed by atoms with E-state index in [1.165, 1.54) is 35.9 Å². The Bertz CT molecular complexity index is 1440. The molecule has 188 valence electrons. The van der Waals surface area contributed by atoms with Gasteiger partial charge in [0.15, 0.2) is 17.5 Å². The number of hydrogen-bond acceptors (Lipinski definition) is 10. The molecule has 2 aromatic heterocycles. The quantitative estimate of drug-likeness (QED) is 0.482. The van der Waals surface area contributed by atoms with Gasteiger partial charge in [-0.1, -0.05) is 0 Å². The fourth-order valence-electron chi connectivity index (χ4n) is 3.80. The largest absolute Gasteiger partial charge is 0.494 e. The Labute approximate surface area is 209 Å². The Morgan fingerprint density at radius 1 is 1.28 bits per heavy atom. The zero-order valence-corrected chi connectivity index (χ0v) is 21.3.